The summed E-state index contributed by atoms with van der Waals surface area (Å²) in [6.07, 6.45) is 2.99. The first kappa shape index (κ1) is 15.5. The van der Waals surface area contributed by atoms with Crippen LogP contribution in [0, 0.1) is 0 Å². The molecule has 0 unspecified atom stereocenters. The van der Waals surface area contributed by atoms with Crippen molar-refractivity contribution >= 4 is 12.2 Å². The maximum absolute atomic E-state index is 11.1. The molecule has 0 aliphatic carbocycles. The van der Waals surface area contributed by atoms with Crippen LogP contribution in [0.1, 0.15) is 39.0 Å². The Morgan fingerprint density at radius 2 is 1.71 bits per heavy atom. The van der Waals surface area contributed by atoms with Gasteiger partial charge in [-0.15, -0.1) is 0 Å². The van der Waals surface area contributed by atoms with E-state index in [9.17, 15) is 9.59 Å². The Labute approximate surface area is 102 Å². The van der Waals surface area contributed by atoms with Gasteiger partial charge in [0, 0.05) is 13.1 Å². The number of nitrogens with one attached hydrogen (secondary N) is 2. The predicted octanol–water partition coefficient (Wildman–Crippen LogP) is 1.95. The van der Waals surface area contributed by atoms with Crippen molar-refractivity contribution in [1.29, 1.82) is 0 Å². The molecule has 17 heavy (non-hydrogen) atoms. The van der Waals surface area contributed by atoms with Gasteiger partial charge in [0.15, 0.2) is 0 Å². The maximum atomic E-state index is 11.1. The first-order valence-electron chi connectivity index (χ1n) is 6.04. The minimum absolute atomic E-state index is 0.373. The van der Waals surface area contributed by atoms with Crippen LogP contribution in [0.5, 0.6) is 0 Å². The molecule has 0 aromatic heterocycles. The Bertz CT molecular complexity index is 222. The third kappa shape index (κ3) is 12.5. The van der Waals surface area contributed by atoms with Crippen molar-refractivity contribution in [1.82, 2.24) is 10.6 Å². The first-order chi connectivity index (χ1) is 8.16. The highest BCUT2D eigenvalue weighted by molar-refractivity contribution is 5.67. The highest BCUT2D eigenvalue weighted by atomic mass is 16.5. The van der Waals surface area contributed by atoms with Crippen LogP contribution in [0.4, 0.5) is 9.59 Å². The van der Waals surface area contributed by atoms with Gasteiger partial charge in [-0.25, -0.2) is 9.59 Å². The number of hydrogen-bond acceptors (Lipinski definition) is 3. The lowest BCUT2D eigenvalue weighted by atomic mass is 10.2. The zero-order chi connectivity index (χ0) is 12.9. The van der Waals surface area contributed by atoms with Crippen molar-refractivity contribution in [3.05, 3.63) is 0 Å². The third-order valence-corrected chi connectivity index (χ3v) is 2.13. The van der Waals surface area contributed by atoms with E-state index >= 15 is 0 Å². The highest BCUT2D eigenvalue weighted by Crippen LogP contribution is 1.93. The van der Waals surface area contributed by atoms with Crippen LogP contribution in [-0.2, 0) is 4.74 Å². The number of ether oxygens (including phenoxy) is 1. The van der Waals surface area contributed by atoms with Crippen LogP contribution in [0.2, 0.25) is 0 Å². The maximum Gasteiger partial charge on any atom is 0.407 e. The van der Waals surface area contributed by atoms with Gasteiger partial charge in [0.05, 0.1) is 6.61 Å². The van der Waals surface area contributed by atoms with Crippen LogP contribution >= 0.6 is 0 Å². The van der Waals surface area contributed by atoms with Gasteiger partial charge in [-0.05, 0) is 25.7 Å². The summed E-state index contributed by atoms with van der Waals surface area (Å²) in [5, 5.41) is 13.2. The monoisotopic (exact) mass is 246 g/mol. The molecule has 0 aliphatic heterocycles. The number of carbonyl (C=O) groups is 2. The van der Waals surface area contributed by atoms with Crippen LogP contribution < -0.4 is 10.6 Å². The molecule has 0 aliphatic rings. The largest absolute Gasteiger partial charge is 0.465 e. The molecular formula is C11H22N2O4. The Balaban J connectivity index is 3.16. The summed E-state index contributed by atoms with van der Waals surface area (Å²) in [5.41, 5.74) is 0. The Morgan fingerprint density at radius 3 is 2.29 bits per heavy atom. The molecule has 0 saturated carbocycles. The van der Waals surface area contributed by atoms with Crippen LogP contribution in [-0.4, -0.2) is 37.0 Å². The zero-order valence-corrected chi connectivity index (χ0v) is 10.3. The molecule has 2 amide bonds. The van der Waals surface area contributed by atoms with Crippen LogP contribution in [0.15, 0.2) is 0 Å². The van der Waals surface area contributed by atoms with E-state index in [1.165, 1.54) is 0 Å². The van der Waals surface area contributed by atoms with Crippen molar-refractivity contribution in [2.24, 2.45) is 0 Å². The second kappa shape index (κ2) is 11.0. The number of hydrogen-bond donors (Lipinski definition) is 3. The van der Waals surface area contributed by atoms with Crippen LogP contribution in [0.3, 0.4) is 0 Å². The fourth-order valence-electron chi connectivity index (χ4n) is 1.17. The number of alkyl carbamates (subject to hydrolysis) is 1. The standard InChI is InChI=1S/C11H22N2O4/c1-2-3-9-17-11(16)13-8-6-4-5-7-12-10(14)15/h12H,2-9H2,1H3,(H,13,16)(H,14,15). The number of unbranched alkanes of at least 4 members (excludes halogenated alkanes) is 3. The van der Waals surface area contributed by atoms with Gasteiger partial charge in [0.25, 0.3) is 0 Å². The smallest absolute Gasteiger partial charge is 0.407 e. The van der Waals surface area contributed by atoms with Crippen LogP contribution in [0.25, 0.3) is 0 Å². The average molecular weight is 246 g/mol. The molecule has 3 N–H and O–H groups in total. The van der Waals surface area contributed by atoms with Crippen molar-refractivity contribution in [2.45, 2.75) is 39.0 Å². The summed E-state index contributed by atoms with van der Waals surface area (Å²) < 4.78 is 4.90. The van der Waals surface area contributed by atoms with E-state index in [0.717, 1.165) is 32.1 Å². The molecule has 0 fully saturated rings. The molecule has 6 heteroatoms. The Hall–Kier alpha value is -1.46. The van der Waals surface area contributed by atoms with Gasteiger partial charge < -0.3 is 20.5 Å². The number of rotatable bonds is 9. The van der Waals surface area contributed by atoms with Gasteiger partial charge in [0.2, 0.25) is 0 Å². The fraction of sp³-hybridized carbons (Fsp3) is 0.818. The number of carboxylic acid groups (broad SMARTS) is 1. The van der Waals surface area contributed by atoms with Gasteiger partial charge in [-0.2, -0.15) is 0 Å². The second-order valence-electron chi connectivity index (χ2n) is 3.71. The quantitative estimate of drug-likeness (QED) is 0.543. The molecule has 0 heterocycles. The van der Waals surface area contributed by atoms with Gasteiger partial charge in [-0.1, -0.05) is 13.3 Å². The average Bonchev–Trinajstić information content (AvgIpc) is 2.28. The molecule has 0 aromatic carbocycles. The second-order valence-corrected chi connectivity index (χ2v) is 3.71. The van der Waals surface area contributed by atoms with E-state index < -0.39 is 6.09 Å². The molecule has 0 radical (unpaired) electrons. The minimum Gasteiger partial charge on any atom is -0.465 e. The summed E-state index contributed by atoms with van der Waals surface area (Å²) >= 11 is 0. The lowest BCUT2D eigenvalue weighted by Crippen LogP contribution is -2.26. The van der Waals surface area contributed by atoms with E-state index in [1.54, 1.807) is 0 Å². The summed E-state index contributed by atoms with van der Waals surface area (Å²) in [7, 11) is 0. The van der Waals surface area contributed by atoms with E-state index in [1.807, 2.05) is 6.92 Å². The van der Waals surface area contributed by atoms with Crippen molar-refractivity contribution in [3.63, 3.8) is 0 Å². The summed E-state index contributed by atoms with van der Waals surface area (Å²) in [6, 6.07) is 0. The van der Waals surface area contributed by atoms with E-state index in [-0.39, 0.29) is 6.09 Å². The minimum atomic E-state index is -0.998. The predicted molar refractivity (Wildman–Crippen MR) is 64.1 cm³/mol. The SMILES string of the molecule is CCCCOC(=O)NCCCCCNC(=O)O. The summed E-state index contributed by atoms with van der Waals surface area (Å²) in [4.78, 5) is 21.2. The molecular weight excluding hydrogens is 224 g/mol. The first-order valence-corrected chi connectivity index (χ1v) is 6.04. The van der Waals surface area contributed by atoms with E-state index in [4.69, 9.17) is 9.84 Å². The Kier molecular flexibility index (Phi) is 10.1. The molecule has 6 nitrogen and oxygen atoms in total. The van der Waals surface area contributed by atoms with Crippen molar-refractivity contribution < 1.29 is 19.4 Å². The molecule has 0 spiro atoms. The molecule has 0 rings (SSSR count). The fourth-order valence-corrected chi connectivity index (χ4v) is 1.17. The normalized spacial score (nSPS) is 9.71. The molecule has 0 aromatic rings. The lowest BCUT2D eigenvalue weighted by molar-refractivity contribution is 0.144. The van der Waals surface area contributed by atoms with Gasteiger partial charge in [-0.3, -0.25) is 0 Å². The van der Waals surface area contributed by atoms with Gasteiger partial charge in [0.1, 0.15) is 0 Å². The molecule has 0 atom stereocenters. The van der Waals surface area contributed by atoms with E-state index in [0.29, 0.717) is 19.7 Å². The zero-order valence-electron chi connectivity index (χ0n) is 10.3. The summed E-state index contributed by atoms with van der Waals surface area (Å²) in [5.74, 6) is 0. The Morgan fingerprint density at radius 1 is 1.06 bits per heavy atom. The molecule has 100 valence electrons. The number of amides is 2. The van der Waals surface area contributed by atoms with Crippen molar-refractivity contribution in [3.8, 4) is 0 Å². The lowest BCUT2D eigenvalue weighted by Gasteiger charge is -2.06. The number of carbonyl (C=O) groups excluding carboxylic acids is 1. The van der Waals surface area contributed by atoms with E-state index in [2.05, 4.69) is 10.6 Å². The third-order valence-electron chi connectivity index (χ3n) is 2.13. The molecule has 0 bridgehead atoms. The highest BCUT2D eigenvalue weighted by Gasteiger charge is 1.99. The van der Waals surface area contributed by atoms with Gasteiger partial charge >= 0.3 is 12.2 Å². The topological polar surface area (TPSA) is 87.7 Å². The molecule has 0 saturated heterocycles. The summed E-state index contributed by atoms with van der Waals surface area (Å²) in [6.45, 7) is 3.52. The van der Waals surface area contributed by atoms with Crippen molar-refractivity contribution in [2.75, 3.05) is 19.7 Å².